The summed E-state index contributed by atoms with van der Waals surface area (Å²) in [5, 5.41) is 1.23. The van der Waals surface area contributed by atoms with Gasteiger partial charge in [0.05, 0.1) is 12.7 Å². The van der Waals surface area contributed by atoms with Gasteiger partial charge in [0.2, 0.25) is 0 Å². The van der Waals surface area contributed by atoms with Crippen LogP contribution in [-0.2, 0) is 4.84 Å². The van der Waals surface area contributed by atoms with Crippen LogP contribution in [0, 0.1) is 13.8 Å². The first kappa shape index (κ1) is 13.4. The Hall–Kier alpha value is -2.07. The van der Waals surface area contributed by atoms with Gasteiger partial charge in [-0.2, -0.15) is 0 Å². The third-order valence-electron chi connectivity index (χ3n) is 3.24. The van der Waals surface area contributed by atoms with Crippen molar-refractivity contribution in [1.82, 2.24) is 9.63 Å². The molecule has 0 saturated carbocycles. The fraction of sp³-hybridized carbons (Fsp3) is 0.267. The van der Waals surface area contributed by atoms with E-state index >= 15 is 0 Å². The molecule has 0 aliphatic rings. The standard InChI is InChI=1S/C15H18N2O2/c1-11-10-14(15(18)16(3)19-4)12(2)17(11)13-8-6-5-7-9-13/h5-10H,1-4H3. The largest absolute Gasteiger partial charge is 0.318 e. The van der Waals surface area contributed by atoms with Gasteiger partial charge in [0.1, 0.15) is 0 Å². The highest BCUT2D eigenvalue weighted by Crippen LogP contribution is 2.21. The molecule has 19 heavy (non-hydrogen) atoms. The second-order valence-electron chi connectivity index (χ2n) is 4.44. The molecule has 0 aliphatic carbocycles. The van der Waals surface area contributed by atoms with Crippen molar-refractivity contribution in [2.24, 2.45) is 0 Å². The van der Waals surface area contributed by atoms with Gasteiger partial charge in [-0.3, -0.25) is 9.63 Å². The van der Waals surface area contributed by atoms with E-state index in [1.54, 1.807) is 7.05 Å². The summed E-state index contributed by atoms with van der Waals surface area (Å²) in [5.74, 6) is -0.141. The zero-order valence-electron chi connectivity index (χ0n) is 11.7. The Labute approximate surface area is 113 Å². The second-order valence-corrected chi connectivity index (χ2v) is 4.44. The first-order valence-electron chi connectivity index (χ1n) is 6.12. The van der Waals surface area contributed by atoms with Gasteiger partial charge in [0, 0.05) is 24.1 Å². The van der Waals surface area contributed by atoms with E-state index in [2.05, 4.69) is 4.57 Å². The average molecular weight is 258 g/mol. The molecule has 1 heterocycles. The molecule has 0 aliphatic heterocycles. The number of aryl methyl sites for hydroxylation is 1. The van der Waals surface area contributed by atoms with Crippen molar-refractivity contribution in [1.29, 1.82) is 0 Å². The molecule has 100 valence electrons. The lowest BCUT2D eigenvalue weighted by atomic mass is 10.2. The number of rotatable bonds is 3. The van der Waals surface area contributed by atoms with E-state index < -0.39 is 0 Å². The molecule has 4 heteroatoms. The molecule has 0 radical (unpaired) electrons. The summed E-state index contributed by atoms with van der Waals surface area (Å²) in [4.78, 5) is 17.1. The maximum Gasteiger partial charge on any atom is 0.278 e. The van der Waals surface area contributed by atoms with Crippen LogP contribution in [0.1, 0.15) is 21.7 Å². The van der Waals surface area contributed by atoms with Gasteiger partial charge < -0.3 is 4.57 Å². The van der Waals surface area contributed by atoms with Crippen LogP contribution in [0.5, 0.6) is 0 Å². The van der Waals surface area contributed by atoms with Crippen LogP contribution in [-0.4, -0.2) is 29.7 Å². The Morgan fingerprint density at radius 1 is 1.21 bits per heavy atom. The molecule has 0 saturated heterocycles. The van der Waals surface area contributed by atoms with Crippen molar-refractivity contribution in [3.63, 3.8) is 0 Å². The molecule has 0 spiro atoms. The van der Waals surface area contributed by atoms with Gasteiger partial charge >= 0.3 is 0 Å². The molecule has 0 N–H and O–H groups in total. The molecule has 0 fully saturated rings. The minimum Gasteiger partial charge on any atom is -0.318 e. The van der Waals surface area contributed by atoms with E-state index in [9.17, 15) is 4.79 Å². The Bertz CT molecular complexity index is 588. The molecule has 0 unspecified atom stereocenters. The lowest BCUT2D eigenvalue weighted by molar-refractivity contribution is -0.0757. The summed E-state index contributed by atoms with van der Waals surface area (Å²) in [6, 6.07) is 11.9. The van der Waals surface area contributed by atoms with Crippen molar-refractivity contribution >= 4 is 5.91 Å². The number of aromatic nitrogens is 1. The number of benzene rings is 1. The van der Waals surface area contributed by atoms with E-state index in [1.165, 1.54) is 12.2 Å². The minimum atomic E-state index is -0.141. The van der Waals surface area contributed by atoms with E-state index in [1.807, 2.05) is 50.2 Å². The number of hydrogen-bond donors (Lipinski definition) is 0. The number of carbonyl (C=O) groups is 1. The van der Waals surface area contributed by atoms with Crippen LogP contribution in [0.25, 0.3) is 5.69 Å². The number of amides is 1. The minimum absolute atomic E-state index is 0.141. The SMILES string of the molecule is CON(C)C(=O)c1cc(C)n(-c2ccccc2)c1C. The highest BCUT2D eigenvalue weighted by molar-refractivity contribution is 5.95. The summed E-state index contributed by atoms with van der Waals surface area (Å²) in [6.45, 7) is 3.93. The van der Waals surface area contributed by atoms with Gasteiger partial charge in [-0.25, -0.2) is 5.06 Å². The summed E-state index contributed by atoms with van der Waals surface area (Å²) in [5.41, 5.74) is 3.65. The molecular formula is C15H18N2O2. The predicted molar refractivity (Wildman–Crippen MR) is 74.3 cm³/mol. The fourth-order valence-corrected chi connectivity index (χ4v) is 2.21. The molecule has 2 aromatic rings. The topological polar surface area (TPSA) is 34.5 Å². The zero-order valence-corrected chi connectivity index (χ0v) is 11.7. The summed E-state index contributed by atoms with van der Waals surface area (Å²) < 4.78 is 2.07. The molecule has 2 rings (SSSR count). The first-order valence-corrected chi connectivity index (χ1v) is 6.12. The van der Waals surface area contributed by atoms with Crippen molar-refractivity contribution in [3.8, 4) is 5.69 Å². The van der Waals surface area contributed by atoms with Gasteiger partial charge in [-0.05, 0) is 32.0 Å². The van der Waals surface area contributed by atoms with E-state index in [-0.39, 0.29) is 5.91 Å². The third kappa shape index (κ3) is 2.39. The third-order valence-corrected chi connectivity index (χ3v) is 3.24. The van der Waals surface area contributed by atoms with Crippen LogP contribution in [0.15, 0.2) is 36.4 Å². The quantitative estimate of drug-likeness (QED) is 0.793. The molecule has 0 bridgehead atoms. The monoisotopic (exact) mass is 258 g/mol. The highest BCUT2D eigenvalue weighted by Gasteiger charge is 2.19. The van der Waals surface area contributed by atoms with E-state index in [0.29, 0.717) is 5.56 Å². The Morgan fingerprint density at radius 3 is 2.42 bits per heavy atom. The normalized spacial score (nSPS) is 10.5. The van der Waals surface area contributed by atoms with Crippen molar-refractivity contribution in [2.75, 3.05) is 14.2 Å². The summed E-state index contributed by atoms with van der Waals surface area (Å²) in [6.07, 6.45) is 0. The fourth-order valence-electron chi connectivity index (χ4n) is 2.21. The van der Waals surface area contributed by atoms with Crippen molar-refractivity contribution in [3.05, 3.63) is 53.3 Å². The smallest absolute Gasteiger partial charge is 0.278 e. The molecule has 1 aromatic carbocycles. The molecule has 4 nitrogen and oxygen atoms in total. The van der Waals surface area contributed by atoms with Crippen LogP contribution >= 0.6 is 0 Å². The van der Waals surface area contributed by atoms with Crippen LogP contribution in [0.3, 0.4) is 0 Å². The number of nitrogens with zero attached hydrogens (tertiary/aromatic N) is 2. The average Bonchev–Trinajstić information content (AvgIpc) is 2.73. The van der Waals surface area contributed by atoms with Crippen molar-refractivity contribution < 1.29 is 9.63 Å². The van der Waals surface area contributed by atoms with Gasteiger partial charge in [-0.1, -0.05) is 18.2 Å². The highest BCUT2D eigenvalue weighted by atomic mass is 16.7. The van der Waals surface area contributed by atoms with Crippen LogP contribution in [0.2, 0.25) is 0 Å². The van der Waals surface area contributed by atoms with Crippen LogP contribution < -0.4 is 0 Å². The summed E-state index contributed by atoms with van der Waals surface area (Å²) in [7, 11) is 3.09. The number of carbonyl (C=O) groups excluding carboxylic acids is 1. The Morgan fingerprint density at radius 2 is 1.84 bits per heavy atom. The van der Waals surface area contributed by atoms with E-state index in [0.717, 1.165) is 17.1 Å². The summed E-state index contributed by atoms with van der Waals surface area (Å²) >= 11 is 0. The van der Waals surface area contributed by atoms with Crippen molar-refractivity contribution in [2.45, 2.75) is 13.8 Å². The lowest BCUT2D eigenvalue weighted by Gasteiger charge is -2.14. The van der Waals surface area contributed by atoms with Crippen LogP contribution in [0.4, 0.5) is 0 Å². The number of para-hydroxylation sites is 1. The molecule has 1 aromatic heterocycles. The molecular weight excluding hydrogens is 240 g/mol. The second kappa shape index (κ2) is 5.28. The Kier molecular flexibility index (Phi) is 3.71. The Balaban J connectivity index is 2.49. The van der Waals surface area contributed by atoms with E-state index in [4.69, 9.17) is 4.84 Å². The molecule has 1 amide bonds. The van der Waals surface area contributed by atoms with Gasteiger partial charge in [-0.15, -0.1) is 0 Å². The number of hydroxylamine groups is 2. The lowest BCUT2D eigenvalue weighted by Crippen LogP contribution is -2.25. The maximum atomic E-state index is 12.2. The first-order chi connectivity index (χ1) is 9.06. The molecule has 0 atom stereocenters. The maximum absolute atomic E-state index is 12.2. The van der Waals surface area contributed by atoms with Gasteiger partial charge in [0.25, 0.3) is 5.91 Å². The predicted octanol–water partition coefficient (Wildman–Crippen LogP) is 2.73. The zero-order chi connectivity index (χ0) is 14.0. The van der Waals surface area contributed by atoms with Gasteiger partial charge in [0.15, 0.2) is 0 Å². The number of hydrogen-bond acceptors (Lipinski definition) is 2.